The number of fused-ring (bicyclic) bond motifs is 1. The fourth-order valence-electron chi connectivity index (χ4n) is 4.77. The summed E-state index contributed by atoms with van der Waals surface area (Å²) >= 11 is 6.06. The van der Waals surface area contributed by atoms with Gasteiger partial charge in [0.15, 0.2) is 0 Å². The molecule has 0 aliphatic carbocycles. The Morgan fingerprint density at radius 3 is 2.47 bits per heavy atom. The first-order chi connectivity index (χ1) is 14.3. The van der Waals surface area contributed by atoms with E-state index < -0.39 is 0 Å². The molecule has 0 unspecified atom stereocenters. The lowest BCUT2D eigenvalue weighted by Gasteiger charge is -2.32. The van der Waals surface area contributed by atoms with Crippen LogP contribution in [0, 0.1) is 11.3 Å². The summed E-state index contributed by atoms with van der Waals surface area (Å²) < 4.78 is 0. The van der Waals surface area contributed by atoms with E-state index in [0.29, 0.717) is 36.8 Å². The highest BCUT2D eigenvalue weighted by Gasteiger charge is 2.54. The Bertz CT molecular complexity index is 1020. The summed E-state index contributed by atoms with van der Waals surface area (Å²) in [5, 5.41) is 6.73. The minimum Gasteiger partial charge on any atom is -0.338 e. The topological polar surface area (TPSA) is 89.6 Å². The Labute approximate surface area is 179 Å². The van der Waals surface area contributed by atoms with Crippen LogP contribution in [0.4, 0.5) is 0 Å². The molecule has 0 spiro atoms. The van der Waals surface area contributed by atoms with E-state index in [0.717, 1.165) is 6.54 Å². The number of nitrogens with one attached hydrogen (secondary N) is 1. The molecule has 2 aromatic rings. The van der Waals surface area contributed by atoms with Gasteiger partial charge in [-0.05, 0) is 38.4 Å². The van der Waals surface area contributed by atoms with Crippen molar-refractivity contribution in [3.05, 3.63) is 63.0 Å². The summed E-state index contributed by atoms with van der Waals surface area (Å²) in [6, 6.07) is 9.74. The van der Waals surface area contributed by atoms with Crippen LogP contribution in [0.3, 0.4) is 0 Å². The van der Waals surface area contributed by atoms with Crippen molar-refractivity contribution in [1.29, 1.82) is 0 Å². The first-order valence-corrected chi connectivity index (χ1v) is 10.2. The van der Waals surface area contributed by atoms with Crippen LogP contribution >= 0.6 is 11.6 Å². The number of carbonyl (C=O) groups is 2. The predicted molar refractivity (Wildman–Crippen MR) is 113 cm³/mol. The number of hydrogen-bond acceptors (Lipinski definition) is 5. The second kappa shape index (κ2) is 7.85. The molecule has 30 heavy (non-hydrogen) atoms. The summed E-state index contributed by atoms with van der Waals surface area (Å²) in [7, 11) is 4.00. The standard InChI is InChI=1S/C21H24ClN5O3/c1-25(2)11-21-12-26(19(29)14-4-3-5-16(22)8-14)9-15(21)10-27(13-21)20(30)17-6-7-18(28)24-23-17/h3-8,15H,9-13H2,1-2H3,(H,24,28)/t15-,21+/m1/s1. The highest BCUT2D eigenvalue weighted by atomic mass is 35.5. The summed E-state index contributed by atoms with van der Waals surface area (Å²) in [4.78, 5) is 43.0. The Morgan fingerprint density at radius 1 is 1.17 bits per heavy atom. The molecule has 158 valence electrons. The molecule has 0 saturated carbocycles. The van der Waals surface area contributed by atoms with Gasteiger partial charge < -0.3 is 14.7 Å². The highest BCUT2D eigenvalue weighted by Crippen LogP contribution is 2.43. The Hall–Kier alpha value is -2.71. The van der Waals surface area contributed by atoms with Crippen molar-refractivity contribution in [3.8, 4) is 0 Å². The molecular weight excluding hydrogens is 406 g/mol. The van der Waals surface area contributed by atoms with Crippen molar-refractivity contribution < 1.29 is 9.59 Å². The number of H-pyrrole nitrogens is 1. The number of aromatic amines is 1. The lowest BCUT2D eigenvalue weighted by Crippen LogP contribution is -2.44. The Balaban J connectivity index is 1.54. The van der Waals surface area contributed by atoms with Gasteiger partial charge >= 0.3 is 0 Å². The Morgan fingerprint density at radius 2 is 1.87 bits per heavy atom. The van der Waals surface area contributed by atoms with E-state index in [1.807, 2.05) is 19.0 Å². The first-order valence-electron chi connectivity index (χ1n) is 9.82. The molecule has 2 atom stereocenters. The normalized spacial score (nSPS) is 23.1. The maximum Gasteiger partial charge on any atom is 0.274 e. The molecule has 9 heteroatoms. The zero-order valence-corrected chi connectivity index (χ0v) is 17.7. The smallest absolute Gasteiger partial charge is 0.274 e. The maximum absolute atomic E-state index is 13.1. The van der Waals surface area contributed by atoms with Crippen LogP contribution in [0.25, 0.3) is 0 Å². The van der Waals surface area contributed by atoms with Crippen molar-refractivity contribution in [2.75, 3.05) is 46.8 Å². The molecule has 3 heterocycles. The minimum absolute atomic E-state index is 0.0368. The van der Waals surface area contributed by atoms with Gasteiger partial charge in [0, 0.05) is 60.7 Å². The quantitative estimate of drug-likeness (QED) is 0.788. The van der Waals surface area contributed by atoms with Crippen molar-refractivity contribution >= 4 is 23.4 Å². The molecule has 2 saturated heterocycles. The molecule has 1 aromatic carbocycles. The summed E-state index contributed by atoms with van der Waals surface area (Å²) in [6.45, 7) is 3.01. The van der Waals surface area contributed by atoms with Gasteiger partial charge in [-0.25, -0.2) is 5.10 Å². The van der Waals surface area contributed by atoms with E-state index in [2.05, 4.69) is 15.1 Å². The maximum atomic E-state index is 13.1. The zero-order valence-electron chi connectivity index (χ0n) is 17.0. The fraction of sp³-hybridized carbons (Fsp3) is 0.429. The molecule has 2 aliphatic heterocycles. The summed E-state index contributed by atoms with van der Waals surface area (Å²) in [6.07, 6.45) is 0. The number of likely N-dealkylation sites (tertiary alicyclic amines) is 2. The van der Waals surface area contributed by atoms with Crippen LogP contribution in [0.15, 0.2) is 41.2 Å². The van der Waals surface area contributed by atoms with Gasteiger partial charge in [0.1, 0.15) is 5.69 Å². The summed E-state index contributed by atoms with van der Waals surface area (Å²) in [5.41, 5.74) is 0.244. The van der Waals surface area contributed by atoms with Crippen LogP contribution in [-0.4, -0.2) is 83.5 Å². The Kier molecular flexibility index (Phi) is 5.38. The van der Waals surface area contributed by atoms with E-state index in [9.17, 15) is 14.4 Å². The average molecular weight is 430 g/mol. The van der Waals surface area contributed by atoms with E-state index >= 15 is 0 Å². The van der Waals surface area contributed by atoms with Crippen molar-refractivity contribution in [2.45, 2.75) is 0 Å². The van der Waals surface area contributed by atoms with Gasteiger partial charge in [0.25, 0.3) is 17.4 Å². The number of hydrogen-bond donors (Lipinski definition) is 1. The lowest BCUT2D eigenvalue weighted by atomic mass is 9.80. The van der Waals surface area contributed by atoms with Crippen LogP contribution < -0.4 is 5.56 Å². The molecule has 4 rings (SSSR count). The molecule has 0 bridgehead atoms. The van der Waals surface area contributed by atoms with Gasteiger partial charge in [-0.3, -0.25) is 14.4 Å². The third kappa shape index (κ3) is 3.85. The number of aromatic nitrogens is 2. The largest absolute Gasteiger partial charge is 0.338 e. The minimum atomic E-state index is -0.343. The van der Waals surface area contributed by atoms with E-state index in [4.69, 9.17) is 11.6 Å². The number of benzene rings is 1. The molecular formula is C21H24ClN5O3. The van der Waals surface area contributed by atoms with Crippen LogP contribution in [0.1, 0.15) is 20.8 Å². The molecule has 2 amide bonds. The van der Waals surface area contributed by atoms with Crippen molar-refractivity contribution in [3.63, 3.8) is 0 Å². The van der Waals surface area contributed by atoms with Crippen LogP contribution in [0.5, 0.6) is 0 Å². The SMILES string of the molecule is CN(C)C[C@@]12CN(C(=O)c3cccc(Cl)c3)C[C@@H]1CN(C(=O)c1ccc(=O)[nH]n1)C2. The lowest BCUT2D eigenvalue weighted by molar-refractivity contribution is 0.0697. The molecule has 2 fully saturated rings. The molecule has 0 radical (unpaired) electrons. The van der Waals surface area contributed by atoms with E-state index in [1.54, 1.807) is 29.2 Å². The number of amides is 2. The number of halogens is 1. The molecule has 1 N–H and O–H groups in total. The average Bonchev–Trinajstić information content (AvgIpc) is 3.20. The molecule has 8 nitrogen and oxygen atoms in total. The van der Waals surface area contributed by atoms with Gasteiger partial charge in [0.05, 0.1) is 0 Å². The fourth-order valence-corrected chi connectivity index (χ4v) is 4.96. The van der Waals surface area contributed by atoms with Gasteiger partial charge in [-0.2, -0.15) is 5.10 Å². The number of nitrogens with zero attached hydrogens (tertiary/aromatic N) is 4. The first kappa shape index (κ1) is 20.6. The number of rotatable bonds is 4. The van der Waals surface area contributed by atoms with E-state index in [-0.39, 0.29) is 34.4 Å². The third-order valence-electron chi connectivity index (χ3n) is 5.93. The highest BCUT2D eigenvalue weighted by molar-refractivity contribution is 6.30. The number of carbonyl (C=O) groups excluding carboxylic acids is 2. The zero-order chi connectivity index (χ0) is 21.5. The van der Waals surface area contributed by atoms with Gasteiger partial charge in [0.2, 0.25) is 0 Å². The van der Waals surface area contributed by atoms with Crippen LogP contribution in [-0.2, 0) is 0 Å². The monoisotopic (exact) mass is 429 g/mol. The summed E-state index contributed by atoms with van der Waals surface area (Å²) in [5.74, 6) is -0.0774. The third-order valence-corrected chi connectivity index (χ3v) is 6.17. The second-order valence-electron chi connectivity index (χ2n) is 8.49. The van der Waals surface area contributed by atoms with E-state index in [1.165, 1.54) is 12.1 Å². The van der Waals surface area contributed by atoms with Crippen molar-refractivity contribution in [2.24, 2.45) is 11.3 Å². The molecule has 1 aromatic heterocycles. The second-order valence-corrected chi connectivity index (χ2v) is 8.92. The molecule has 2 aliphatic rings. The van der Waals surface area contributed by atoms with Crippen LogP contribution in [0.2, 0.25) is 5.02 Å². The van der Waals surface area contributed by atoms with Crippen molar-refractivity contribution in [1.82, 2.24) is 24.9 Å². The predicted octanol–water partition coefficient (Wildman–Crippen LogP) is 1.20. The van der Waals surface area contributed by atoms with Gasteiger partial charge in [-0.1, -0.05) is 17.7 Å². The van der Waals surface area contributed by atoms with Gasteiger partial charge in [-0.15, -0.1) is 0 Å².